The molecule has 0 fully saturated rings. The summed E-state index contributed by atoms with van der Waals surface area (Å²) in [5.74, 6) is -1.67. The number of carbonyl (C=O) groups excluding carboxylic acids is 1. The quantitative estimate of drug-likeness (QED) is 0.137. The first kappa shape index (κ1) is 26.9. The zero-order chi connectivity index (χ0) is 22.6. The van der Waals surface area contributed by atoms with Gasteiger partial charge in [0.2, 0.25) is 0 Å². The molecule has 0 atom stereocenters. The average Bonchev–Trinajstić information content (AvgIpc) is 2.78. The molecular formula is C27H42O4. The van der Waals surface area contributed by atoms with Crippen molar-refractivity contribution in [1.82, 2.24) is 0 Å². The van der Waals surface area contributed by atoms with Crippen LogP contribution in [0.2, 0.25) is 0 Å². The number of unbranched alkanes of at least 4 members (excludes halogenated alkanes) is 13. The van der Waals surface area contributed by atoms with Crippen molar-refractivity contribution in [2.75, 3.05) is 6.61 Å². The topological polar surface area (TPSA) is 63.6 Å². The van der Waals surface area contributed by atoms with Crippen LogP contribution < -0.4 is 0 Å². The maximum atomic E-state index is 12.0. The van der Waals surface area contributed by atoms with Crippen molar-refractivity contribution >= 4 is 11.9 Å². The standard InChI is InChI=1S/C27H42O4/c1-2-3-4-5-6-7-8-9-10-11-12-13-14-15-16-17-20-23-31-27(30)25-22-19-18-21-24(25)26(28)29/h10-11,18-19,21-22H,2-9,12-17,20,23H2,1H3,(H,28,29)/b11-10-. The maximum absolute atomic E-state index is 12.0. The lowest BCUT2D eigenvalue weighted by atomic mass is 10.1. The first-order valence-corrected chi connectivity index (χ1v) is 12.3. The van der Waals surface area contributed by atoms with Gasteiger partial charge in [0.05, 0.1) is 17.7 Å². The van der Waals surface area contributed by atoms with Gasteiger partial charge in [0.25, 0.3) is 0 Å². The van der Waals surface area contributed by atoms with Crippen LogP contribution in [0.4, 0.5) is 0 Å². The van der Waals surface area contributed by atoms with Gasteiger partial charge >= 0.3 is 11.9 Å². The molecule has 0 saturated carbocycles. The molecule has 0 unspecified atom stereocenters. The highest BCUT2D eigenvalue weighted by Crippen LogP contribution is 2.12. The number of benzene rings is 1. The lowest BCUT2D eigenvalue weighted by molar-refractivity contribution is 0.0487. The van der Waals surface area contributed by atoms with Gasteiger partial charge in [0.1, 0.15) is 0 Å². The van der Waals surface area contributed by atoms with Gasteiger partial charge in [0, 0.05) is 0 Å². The summed E-state index contributed by atoms with van der Waals surface area (Å²) in [5.41, 5.74) is 0.110. The third-order valence-electron chi connectivity index (χ3n) is 5.52. The number of ether oxygens (including phenoxy) is 1. The van der Waals surface area contributed by atoms with Crippen molar-refractivity contribution in [3.05, 3.63) is 47.5 Å². The number of allylic oxidation sites excluding steroid dienone is 2. The summed E-state index contributed by atoms with van der Waals surface area (Å²) >= 11 is 0. The molecular weight excluding hydrogens is 388 g/mol. The maximum Gasteiger partial charge on any atom is 0.339 e. The van der Waals surface area contributed by atoms with Crippen LogP contribution in [0.5, 0.6) is 0 Å². The number of esters is 1. The van der Waals surface area contributed by atoms with E-state index in [1.807, 2.05) is 0 Å². The zero-order valence-corrected chi connectivity index (χ0v) is 19.4. The highest BCUT2D eigenvalue weighted by Gasteiger charge is 2.16. The van der Waals surface area contributed by atoms with Crippen LogP contribution in [0.25, 0.3) is 0 Å². The normalized spacial score (nSPS) is 11.1. The molecule has 0 aliphatic heterocycles. The Morgan fingerprint density at radius 2 is 1.23 bits per heavy atom. The van der Waals surface area contributed by atoms with Crippen molar-refractivity contribution in [3.8, 4) is 0 Å². The summed E-state index contributed by atoms with van der Waals surface area (Å²) < 4.78 is 5.23. The predicted octanol–water partition coefficient (Wildman–Crippen LogP) is 7.97. The molecule has 0 aliphatic rings. The lowest BCUT2D eigenvalue weighted by Crippen LogP contribution is -2.12. The molecule has 0 heterocycles. The SMILES string of the molecule is CCCCCCCCC/C=C\CCCCCCCCOC(=O)c1ccccc1C(=O)O. The van der Waals surface area contributed by atoms with Gasteiger partial charge in [0.15, 0.2) is 0 Å². The van der Waals surface area contributed by atoms with E-state index in [0.29, 0.717) is 6.61 Å². The Morgan fingerprint density at radius 3 is 1.77 bits per heavy atom. The largest absolute Gasteiger partial charge is 0.478 e. The van der Waals surface area contributed by atoms with E-state index >= 15 is 0 Å². The highest BCUT2D eigenvalue weighted by molar-refractivity contribution is 6.02. The monoisotopic (exact) mass is 430 g/mol. The summed E-state index contributed by atoms with van der Waals surface area (Å²) in [7, 11) is 0. The van der Waals surface area contributed by atoms with Crippen LogP contribution in [0.1, 0.15) is 124 Å². The zero-order valence-electron chi connectivity index (χ0n) is 19.4. The summed E-state index contributed by atoms with van der Waals surface area (Å²) in [6.45, 7) is 2.60. The highest BCUT2D eigenvalue weighted by atomic mass is 16.5. The van der Waals surface area contributed by atoms with Gasteiger partial charge < -0.3 is 9.84 Å². The minimum atomic E-state index is -1.11. The second kappa shape index (κ2) is 18.7. The molecule has 0 bridgehead atoms. The Morgan fingerprint density at radius 1 is 0.742 bits per heavy atom. The van der Waals surface area contributed by atoms with Crippen LogP contribution in [0, 0.1) is 0 Å². The van der Waals surface area contributed by atoms with Gasteiger partial charge in [-0.15, -0.1) is 0 Å². The smallest absolute Gasteiger partial charge is 0.339 e. The van der Waals surface area contributed by atoms with E-state index in [4.69, 9.17) is 9.84 Å². The van der Waals surface area contributed by atoms with Crippen molar-refractivity contribution in [3.63, 3.8) is 0 Å². The minimum absolute atomic E-state index is 0.0102. The Balaban J connectivity index is 1.92. The fraction of sp³-hybridized carbons (Fsp3) is 0.630. The van der Waals surface area contributed by atoms with E-state index in [-0.39, 0.29) is 11.1 Å². The third kappa shape index (κ3) is 13.7. The third-order valence-corrected chi connectivity index (χ3v) is 5.52. The lowest BCUT2D eigenvalue weighted by Gasteiger charge is -2.07. The number of carboxylic acid groups (broad SMARTS) is 1. The molecule has 174 valence electrons. The first-order chi connectivity index (χ1) is 15.2. The summed E-state index contributed by atoms with van der Waals surface area (Å²) in [5, 5.41) is 9.13. The Labute approximate surface area is 189 Å². The number of hydrogen-bond donors (Lipinski definition) is 1. The molecule has 1 rings (SSSR count). The molecule has 0 amide bonds. The number of carbonyl (C=O) groups is 2. The first-order valence-electron chi connectivity index (χ1n) is 12.3. The molecule has 0 aliphatic carbocycles. The molecule has 0 radical (unpaired) electrons. The fourth-order valence-electron chi connectivity index (χ4n) is 3.62. The van der Waals surface area contributed by atoms with E-state index in [9.17, 15) is 9.59 Å². The number of rotatable bonds is 19. The molecule has 1 aromatic carbocycles. The second-order valence-electron chi connectivity index (χ2n) is 8.28. The number of carboxylic acids is 1. The van der Waals surface area contributed by atoms with Gasteiger partial charge in [-0.2, -0.15) is 0 Å². The Bertz CT molecular complexity index is 636. The Hall–Kier alpha value is -2.10. The van der Waals surface area contributed by atoms with Crippen molar-refractivity contribution in [2.45, 2.75) is 103 Å². The van der Waals surface area contributed by atoms with Crippen LogP contribution in [0.3, 0.4) is 0 Å². The van der Waals surface area contributed by atoms with Gasteiger partial charge in [-0.1, -0.05) is 95.4 Å². The molecule has 1 aromatic rings. The van der Waals surface area contributed by atoms with Crippen molar-refractivity contribution < 1.29 is 19.4 Å². The van der Waals surface area contributed by atoms with Crippen LogP contribution in [-0.4, -0.2) is 23.7 Å². The molecule has 0 saturated heterocycles. The van der Waals surface area contributed by atoms with Crippen LogP contribution in [-0.2, 0) is 4.74 Å². The summed E-state index contributed by atoms with van der Waals surface area (Å²) in [4.78, 5) is 23.2. The molecule has 4 nitrogen and oxygen atoms in total. The molecule has 31 heavy (non-hydrogen) atoms. The number of aromatic carboxylic acids is 1. The summed E-state index contributed by atoms with van der Waals surface area (Å²) in [6, 6.07) is 6.17. The second-order valence-corrected chi connectivity index (χ2v) is 8.28. The summed E-state index contributed by atoms with van der Waals surface area (Å²) in [6.07, 6.45) is 23.4. The molecule has 4 heteroatoms. The van der Waals surface area contributed by atoms with Crippen molar-refractivity contribution in [2.24, 2.45) is 0 Å². The van der Waals surface area contributed by atoms with E-state index in [2.05, 4.69) is 19.1 Å². The molecule has 0 spiro atoms. The van der Waals surface area contributed by atoms with E-state index in [0.717, 1.165) is 19.3 Å². The van der Waals surface area contributed by atoms with Crippen LogP contribution in [0.15, 0.2) is 36.4 Å². The van der Waals surface area contributed by atoms with E-state index in [1.54, 1.807) is 12.1 Å². The fourth-order valence-corrected chi connectivity index (χ4v) is 3.62. The van der Waals surface area contributed by atoms with Crippen molar-refractivity contribution in [1.29, 1.82) is 0 Å². The van der Waals surface area contributed by atoms with Gasteiger partial charge in [-0.3, -0.25) is 0 Å². The minimum Gasteiger partial charge on any atom is -0.478 e. The van der Waals surface area contributed by atoms with Gasteiger partial charge in [-0.05, 0) is 44.2 Å². The Kier molecular flexibility index (Phi) is 16.2. The van der Waals surface area contributed by atoms with Gasteiger partial charge in [-0.25, -0.2) is 9.59 Å². The van der Waals surface area contributed by atoms with E-state index < -0.39 is 11.9 Å². The number of hydrogen-bond acceptors (Lipinski definition) is 3. The predicted molar refractivity (Wildman–Crippen MR) is 128 cm³/mol. The van der Waals surface area contributed by atoms with Crippen LogP contribution >= 0.6 is 0 Å². The molecule has 0 aromatic heterocycles. The van der Waals surface area contributed by atoms with E-state index in [1.165, 1.54) is 89.2 Å². The molecule has 1 N–H and O–H groups in total. The average molecular weight is 431 g/mol.